The first-order chi connectivity index (χ1) is 6.74. The molecule has 0 aliphatic carbocycles. The van der Waals surface area contributed by atoms with Crippen LogP contribution >= 0.6 is 15.9 Å². The predicted octanol–water partition coefficient (Wildman–Crippen LogP) is 2.62. The maximum absolute atomic E-state index is 4.07. The Hall–Kier alpha value is -1.36. The van der Waals surface area contributed by atoms with Crippen molar-refractivity contribution in [2.75, 3.05) is 5.32 Å². The van der Waals surface area contributed by atoms with E-state index in [1.54, 1.807) is 0 Å². The Morgan fingerprint density at radius 2 is 2.00 bits per heavy atom. The number of nitrogens with zero attached hydrogens (tertiary/aromatic N) is 2. The zero-order chi connectivity index (χ0) is 9.97. The highest BCUT2D eigenvalue weighted by Gasteiger charge is 1.99. The first-order valence-electron chi connectivity index (χ1n) is 4.15. The fourth-order valence-corrected chi connectivity index (χ4v) is 1.32. The second kappa shape index (κ2) is 3.79. The van der Waals surface area contributed by atoms with Crippen LogP contribution in [0, 0.1) is 6.92 Å². The first-order valence-corrected chi connectivity index (χ1v) is 4.95. The molecule has 72 valence electrons. The largest absolute Gasteiger partial charge is 0.323 e. The van der Waals surface area contributed by atoms with Crippen molar-refractivity contribution in [3.05, 3.63) is 34.6 Å². The van der Waals surface area contributed by atoms with Crippen molar-refractivity contribution in [1.29, 1.82) is 0 Å². The molecule has 1 aromatic heterocycles. The molecule has 0 saturated heterocycles. The molecule has 0 saturated carbocycles. The molecule has 0 fully saturated rings. The summed E-state index contributed by atoms with van der Waals surface area (Å²) in [5.41, 5.74) is 2.20. The second-order valence-corrected chi connectivity index (χ2v) is 3.69. The number of hydrogen-bond acceptors (Lipinski definition) is 3. The van der Waals surface area contributed by atoms with E-state index < -0.39 is 0 Å². The van der Waals surface area contributed by atoms with E-state index in [0.717, 1.165) is 5.69 Å². The summed E-state index contributed by atoms with van der Waals surface area (Å²) < 4.78 is 0.618. The molecule has 1 aromatic carbocycles. The Morgan fingerprint density at radius 1 is 1.29 bits per heavy atom. The summed E-state index contributed by atoms with van der Waals surface area (Å²) in [4.78, 5) is 4.07. The van der Waals surface area contributed by atoms with Crippen molar-refractivity contribution in [3.63, 3.8) is 0 Å². The van der Waals surface area contributed by atoms with Crippen molar-refractivity contribution in [1.82, 2.24) is 15.2 Å². The lowest BCUT2D eigenvalue weighted by Gasteiger charge is -2.00. The van der Waals surface area contributed by atoms with Crippen molar-refractivity contribution in [2.24, 2.45) is 0 Å². The number of H-pyrrole nitrogens is 1. The molecule has 2 N–H and O–H groups in total. The summed E-state index contributed by atoms with van der Waals surface area (Å²) in [6, 6.07) is 8.03. The molecule has 2 aromatic rings. The second-order valence-electron chi connectivity index (χ2n) is 2.94. The highest BCUT2D eigenvalue weighted by Crippen LogP contribution is 2.14. The standard InChI is InChI=1S/C9H9BrN4/c1-6-2-4-7(5-3-6)11-9-12-8(10)13-14-9/h2-5H,1H3,(H2,11,12,13,14). The van der Waals surface area contributed by atoms with E-state index in [1.807, 2.05) is 31.2 Å². The van der Waals surface area contributed by atoms with Gasteiger partial charge >= 0.3 is 0 Å². The molecule has 4 nitrogen and oxygen atoms in total. The molecule has 0 bridgehead atoms. The van der Waals surface area contributed by atoms with E-state index in [2.05, 4.69) is 36.4 Å². The molecule has 5 heteroatoms. The van der Waals surface area contributed by atoms with Crippen molar-refractivity contribution >= 4 is 27.6 Å². The lowest BCUT2D eigenvalue weighted by Crippen LogP contribution is -1.91. The summed E-state index contributed by atoms with van der Waals surface area (Å²) in [7, 11) is 0. The molecule has 1 heterocycles. The van der Waals surface area contributed by atoms with Crippen LogP contribution in [0.2, 0.25) is 0 Å². The third kappa shape index (κ3) is 2.11. The third-order valence-corrected chi connectivity index (χ3v) is 2.12. The van der Waals surface area contributed by atoms with Crippen LogP contribution in [0.4, 0.5) is 11.6 Å². The van der Waals surface area contributed by atoms with Gasteiger partial charge in [0.1, 0.15) is 0 Å². The van der Waals surface area contributed by atoms with Crippen molar-refractivity contribution < 1.29 is 0 Å². The maximum Gasteiger partial charge on any atom is 0.247 e. The number of benzene rings is 1. The number of hydrogen-bond donors (Lipinski definition) is 2. The number of rotatable bonds is 2. The summed E-state index contributed by atoms with van der Waals surface area (Å²) >= 11 is 3.19. The summed E-state index contributed by atoms with van der Waals surface area (Å²) in [5, 5.41) is 9.70. The van der Waals surface area contributed by atoms with Crippen LogP contribution < -0.4 is 5.32 Å². The van der Waals surface area contributed by atoms with Crippen LogP contribution in [-0.4, -0.2) is 15.2 Å². The fourth-order valence-electron chi connectivity index (χ4n) is 1.06. The van der Waals surface area contributed by atoms with Gasteiger partial charge < -0.3 is 5.32 Å². The van der Waals surface area contributed by atoms with Gasteiger partial charge in [-0.15, -0.1) is 5.10 Å². The zero-order valence-electron chi connectivity index (χ0n) is 7.58. The first kappa shape index (κ1) is 9.21. The molecule has 0 aliphatic rings. The number of aryl methyl sites for hydroxylation is 1. The molecule has 0 aliphatic heterocycles. The van der Waals surface area contributed by atoms with Gasteiger partial charge in [-0.3, -0.25) is 5.10 Å². The van der Waals surface area contributed by atoms with E-state index >= 15 is 0 Å². The van der Waals surface area contributed by atoms with Gasteiger partial charge in [0, 0.05) is 5.69 Å². The Labute approximate surface area is 89.9 Å². The highest BCUT2D eigenvalue weighted by molar-refractivity contribution is 9.10. The van der Waals surface area contributed by atoms with Crippen LogP contribution in [0.15, 0.2) is 29.0 Å². The molecule has 0 amide bonds. The van der Waals surface area contributed by atoms with Crippen LogP contribution in [-0.2, 0) is 0 Å². The SMILES string of the molecule is Cc1ccc(Nc2n[nH]c(Br)n2)cc1. The van der Waals surface area contributed by atoms with Crippen LogP contribution in [0.3, 0.4) is 0 Å². The molecule has 0 spiro atoms. The van der Waals surface area contributed by atoms with Crippen molar-refractivity contribution in [2.45, 2.75) is 6.92 Å². The number of aromatic nitrogens is 3. The van der Waals surface area contributed by atoms with Crippen LogP contribution in [0.1, 0.15) is 5.56 Å². The summed E-state index contributed by atoms with van der Waals surface area (Å²) in [6.45, 7) is 2.05. The zero-order valence-corrected chi connectivity index (χ0v) is 9.17. The molecule has 14 heavy (non-hydrogen) atoms. The Morgan fingerprint density at radius 3 is 2.57 bits per heavy atom. The monoisotopic (exact) mass is 252 g/mol. The summed E-state index contributed by atoms with van der Waals surface area (Å²) in [6.07, 6.45) is 0. The van der Waals surface area contributed by atoms with Gasteiger partial charge in [0.2, 0.25) is 5.95 Å². The maximum atomic E-state index is 4.07. The van der Waals surface area contributed by atoms with E-state index in [1.165, 1.54) is 5.56 Å². The minimum Gasteiger partial charge on any atom is -0.323 e. The minimum atomic E-state index is 0.556. The molecule has 0 unspecified atom stereocenters. The molecule has 0 atom stereocenters. The van der Waals surface area contributed by atoms with E-state index in [-0.39, 0.29) is 0 Å². The average molecular weight is 253 g/mol. The van der Waals surface area contributed by atoms with Gasteiger partial charge in [0.15, 0.2) is 4.73 Å². The minimum absolute atomic E-state index is 0.556. The Balaban J connectivity index is 2.15. The number of nitrogens with one attached hydrogen (secondary N) is 2. The van der Waals surface area contributed by atoms with Gasteiger partial charge in [-0.25, -0.2) is 0 Å². The van der Waals surface area contributed by atoms with Crippen LogP contribution in [0.25, 0.3) is 0 Å². The van der Waals surface area contributed by atoms with Gasteiger partial charge in [-0.05, 0) is 35.0 Å². The topological polar surface area (TPSA) is 53.6 Å². The molecule has 0 radical (unpaired) electrons. The van der Waals surface area contributed by atoms with Gasteiger partial charge in [-0.2, -0.15) is 4.98 Å². The number of aromatic amines is 1. The van der Waals surface area contributed by atoms with Crippen LogP contribution in [0.5, 0.6) is 0 Å². The average Bonchev–Trinajstić information content (AvgIpc) is 2.56. The quantitative estimate of drug-likeness (QED) is 0.864. The van der Waals surface area contributed by atoms with Crippen molar-refractivity contribution in [3.8, 4) is 0 Å². The lowest BCUT2D eigenvalue weighted by molar-refractivity contribution is 1.07. The normalized spacial score (nSPS) is 10.1. The highest BCUT2D eigenvalue weighted by atomic mass is 79.9. The number of halogens is 1. The fraction of sp³-hybridized carbons (Fsp3) is 0.111. The lowest BCUT2D eigenvalue weighted by atomic mass is 10.2. The van der Waals surface area contributed by atoms with E-state index in [9.17, 15) is 0 Å². The molecular formula is C9H9BrN4. The summed E-state index contributed by atoms with van der Waals surface area (Å²) in [5.74, 6) is 0.556. The Kier molecular flexibility index (Phi) is 2.49. The van der Waals surface area contributed by atoms with Gasteiger partial charge in [-0.1, -0.05) is 17.7 Å². The predicted molar refractivity (Wildman–Crippen MR) is 58.5 cm³/mol. The number of anilines is 2. The molecular weight excluding hydrogens is 244 g/mol. The third-order valence-electron chi connectivity index (χ3n) is 1.77. The van der Waals surface area contributed by atoms with E-state index in [0.29, 0.717) is 10.7 Å². The Bertz CT molecular complexity index is 421. The van der Waals surface area contributed by atoms with Gasteiger partial charge in [0.05, 0.1) is 0 Å². The molecule has 2 rings (SSSR count). The van der Waals surface area contributed by atoms with E-state index in [4.69, 9.17) is 0 Å². The van der Waals surface area contributed by atoms with Gasteiger partial charge in [0.25, 0.3) is 0 Å². The smallest absolute Gasteiger partial charge is 0.247 e.